The fourth-order valence-electron chi connectivity index (χ4n) is 3.68. The molecule has 1 heterocycles. The van der Waals surface area contributed by atoms with Crippen molar-refractivity contribution in [3.05, 3.63) is 94.5 Å². The molecule has 0 saturated carbocycles. The van der Waals surface area contributed by atoms with Gasteiger partial charge >= 0.3 is 6.03 Å². The summed E-state index contributed by atoms with van der Waals surface area (Å²) in [5.41, 5.74) is 6.76. The van der Waals surface area contributed by atoms with E-state index in [1.807, 2.05) is 85.5 Å². The average Bonchev–Trinajstić information content (AvgIpc) is 2.76. The SMILES string of the molecule is Cc1ccc(NC(=O)Nc2ccc3c(c2)CN(C(=O)c2ccccc2)CC3)cc1C. The minimum absolute atomic E-state index is 0.0343. The number of urea groups is 1. The number of rotatable bonds is 3. The monoisotopic (exact) mass is 399 g/mol. The lowest BCUT2D eigenvalue weighted by molar-refractivity contribution is 0.0734. The molecule has 0 fully saturated rings. The Bertz CT molecular complexity index is 1090. The van der Waals surface area contributed by atoms with Crippen LogP contribution in [-0.2, 0) is 13.0 Å². The van der Waals surface area contributed by atoms with Crippen molar-refractivity contribution in [1.82, 2.24) is 4.90 Å². The van der Waals surface area contributed by atoms with Crippen molar-refractivity contribution in [3.8, 4) is 0 Å². The lowest BCUT2D eigenvalue weighted by Gasteiger charge is -2.29. The number of benzene rings is 3. The third kappa shape index (κ3) is 4.35. The summed E-state index contributed by atoms with van der Waals surface area (Å²) in [5, 5.41) is 5.77. The van der Waals surface area contributed by atoms with Gasteiger partial charge in [-0.25, -0.2) is 4.79 Å². The van der Waals surface area contributed by atoms with E-state index in [2.05, 4.69) is 10.6 Å². The average molecular weight is 399 g/mol. The number of hydrogen-bond acceptors (Lipinski definition) is 2. The summed E-state index contributed by atoms with van der Waals surface area (Å²) in [6, 6.07) is 20.8. The second-order valence-electron chi connectivity index (χ2n) is 7.70. The van der Waals surface area contributed by atoms with E-state index in [9.17, 15) is 9.59 Å². The highest BCUT2D eigenvalue weighted by Gasteiger charge is 2.22. The lowest BCUT2D eigenvalue weighted by Crippen LogP contribution is -2.36. The van der Waals surface area contributed by atoms with E-state index in [0.717, 1.165) is 23.2 Å². The summed E-state index contributed by atoms with van der Waals surface area (Å²) in [5.74, 6) is 0.0343. The topological polar surface area (TPSA) is 61.4 Å². The highest BCUT2D eigenvalue weighted by Crippen LogP contribution is 2.24. The Kier molecular flexibility index (Phi) is 5.53. The molecule has 0 atom stereocenters. The Balaban J connectivity index is 1.44. The van der Waals surface area contributed by atoms with E-state index < -0.39 is 0 Å². The quantitative estimate of drug-likeness (QED) is 0.640. The van der Waals surface area contributed by atoms with Crippen LogP contribution in [0.25, 0.3) is 0 Å². The minimum Gasteiger partial charge on any atom is -0.334 e. The van der Waals surface area contributed by atoms with Crippen LogP contribution in [0.5, 0.6) is 0 Å². The Labute approximate surface area is 176 Å². The zero-order valence-electron chi connectivity index (χ0n) is 17.2. The van der Waals surface area contributed by atoms with Crippen molar-refractivity contribution < 1.29 is 9.59 Å². The van der Waals surface area contributed by atoms with E-state index >= 15 is 0 Å². The zero-order valence-corrected chi connectivity index (χ0v) is 17.2. The van der Waals surface area contributed by atoms with Gasteiger partial charge < -0.3 is 15.5 Å². The first kappa shape index (κ1) is 19.7. The van der Waals surface area contributed by atoms with E-state index in [-0.39, 0.29) is 11.9 Å². The summed E-state index contributed by atoms with van der Waals surface area (Å²) >= 11 is 0. The van der Waals surface area contributed by atoms with Gasteiger partial charge in [-0.2, -0.15) is 0 Å². The largest absolute Gasteiger partial charge is 0.334 e. The predicted octanol–water partition coefficient (Wildman–Crippen LogP) is 5.15. The van der Waals surface area contributed by atoms with Crippen LogP contribution in [0.4, 0.5) is 16.2 Å². The van der Waals surface area contributed by atoms with Gasteiger partial charge in [0.1, 0.15) is 0 Å². The molecular weight excluding hydrogens is 374 g/mol. The Morgan fingerprint density at radius 2 is 1.50 bits per heavy atom. The highest BCUT2D eigenvalue weighted by molar-refractivity contribution is 6.00. The van der Waals surface area contributed by atoms with Crippen molar-refractivity contribution in [2.45, 2.75) is 26.8 Å². The number of fused-ring (bicyclic) bond motifs is 1. The first-order chi connectivity index (χ1) is 14.5. The smallest absolute Gasteiger partial charge is 0.323 e. The van der Waals surface area contributed by atoms with E-state index in [1.165, 1.54) is 11.1 Å². The number of hydrogen-bond donors (Lipinski definition) is 2. The van der Waals surface area contributed by atoms with Gasteiger partial charge in [0.2, 0.25) is 0 Å². The van der Waals surface area contributed by atoms with Crippen molar-refractivity contribution in [3.63, 3.8) is 0 Å². The van der Waals surface area contributed by atoms with Gasteiger partial charge in [-0.3, -0.25) is 4.79 Å². The Morgan fingerprint density at radius 1 is 0.800 bits per heavy atom. The molecule has 152 valence electrons. The lowest BCUT2D eigenvalue weighted by atomic mass is 9.98. The van der Waals surface area contributed by atoms with Crippen LogP contribution in [0.15, 0.2) is 66.7 Å². The van der Waals surface area contributed by atoms with Gasteiger partial charge in [-0.1, -0.05) is 30.3 Å². The fraction of sp³-hybridized carbons (Fsp3) is 0.200. The molecule has 2 N–H and O–H groups in total. The molecule has 5 nitrogen and oxygen atoms in total. The van der Waals surface area contributed by atoms with Gasteiger partial charge in [-0.05, 0) is 78.9 Å². The summed E-state index contributed by atoms with van der Waals surface area (Å²) in [4.78, 5) is 27.0. The molecule has 3 aromatic carbocycles. The number of nitrogens with one attached hydrogen (secondary N) is 2. The molecule has 1 aliphatic rings. The van der Waals surface area contributed by atoms with Crippen LogP contribution in [0, 0.1) is 13.8 Å². The zero-order chi connectivity index (χ0) is 21.1. The summed E-state index contributed by atoms with van der Waals surface area (Å²) in [6.45, 7) is 5.29. The maximum atomic E-state index is 12.8. The van der Waals surface area contributed by atoms with Crippen LogP contribution in [0.3, 0.4) is 0 Å². The van der Waals surface area contributed by atoms with E-state index in [1.54, 1.807) is 0 Å². The number of carbonyl (C=O) groups excluding carboxylic acids is 2. The van der Waals surface area contributed by atoms with Gasteiger partial charge in [0.25, 0.3) is 5.91 Å². The molecule has 4 rings (SSSR count). The first-order valence-electron chi connectivity index (χ1n) is 10.1. The normalized spacial score (nSPS) is 12.8. The van der Waals surface area contributed by atoms with Crippen LogP contribution in [-0.4, -0.2) is 23.4 Å². The molecule has 0 aromatic heterocycles. The molecule has 0 aliphatic carbocycles. The highest BCUT2D eigenvalue weighted by atomic mass is 16.2. The number of amides is 3. The molecule has 0 unspecified atom stereocenters. The summed E-state index contributed by atoms with van der Waals surface area (Å²) in [6.07, 6.45) is 0.809. The van der Waals surface area contributed by atoms with Gasteiger partial charge in [0, 0.05) is 30.0 Å². The van der Waals surface area contributed by atoms with Gasteiger partial charge in [0.05, 0.1) is 0 Å². The van der Waals surface area contributed by atoms with Crippen LogP contribution in [0.1, 0.15) is 32.6 Å². The Hall–Kier alpha value is -3.60. The summed E-state index contributed by atoms with van der Waals surface area (Å²) in [7, 11) is 0. The number of nitrogens with zero attached hydrogens (tertiary/aromatic N) is 1. The number of anilines is 2. The molecule has 0 bridgehead atoms. The first-order valence-corrected chi connectivity index (χ1v) is 10.1. The molecule has 30 heavy (non-hydrogen) atoms. The molecule has 0 spiro atoms. The van der Waals surface area contributed by atoms with Crippen molar-refractivity contribution in [2.24, 2.45) is 0 Å². The van der Waals surface area contributed by atoms with Gasteiger partial charge in [-0.15, -0.1) is 0 Å². The molecule has 0 saturated heterocycles. The van der Waals surface area contributed by atoms with Crippen molar-refractivity contribution in [2.75, 3.05) is 17.2 Å². The van der Waals surface area contributed by atoms with E-state index in [4.69, 9.17) is 0 Å². The third-order valence-corrected chi connectivity index (χ3v) is 5.55. The van der Waals surface area contributed by atoms with Crippen LogP contribution < -0.4 is 10.6 Å². The van der Waals surface area contributed by atoms with Crippen molar-refractivity contribution >= 4 is 23.3 Å². The van der Waals surface area contributed by atoms with E-state index in [0.29, 0.717) is 24.3 Å². The molecule has 3 aromatic rings. The Morgan fingerprint density at radius 3 is 2.23 bits per heavy atom. The molecular formula is C25H25N3O2. The third-order valence-electron chi connectivity index (χ3n) is 5.55. The number of aryl methyl sites for hydroxylation is 2. The van der Waals surface area contributed by atoms with Crippen molar-refractivity contribution in [1.29, 1.82) is 0 Å². The molecule has 3 amide bonds. The second-order valence-corrected chi connectivity index (χ2v) is 7.70. The fourth-order valence-corrected chi connectivity index (χ4v) is 3.68. The number of carbonyl (C=O) groups is 2. The van der Waals surface area contributed by atoms with Crippen LogP contribution >= 0.6 is 0 Å². The maximum Gasteiger partial charge on any atom is 0.323 e. The molecule has 5 heteroatoms. The standard InChI is InChI=1S/C25H25N3O2/c1-17-8-10-22(14-18(17)2)26-25(30)27-23-11-9-19-12-13-28(16-21(19)15-23)24(29)20-6-4-3-5-7-20/h3-11,14-15H,12-13,16H2,1-2H3,(H2,26,27,30). The van der Waals surface area contributed by atoms with Gasteiger partial charge in [0.15, 0.2) is 0 Å². The molecule has 0 radical (unpaired) electrons. The van der Waals surface area contributed by atoms with Crippen LogP contribution in [0.2, 0.25) is 0 Å². The minimum atomic E-state index is -0.286. The second kappa shape index (κ2) is 8.41. The molecule has 1 aliphatic heterocycles. The predicted molar refractivity (Wildman–Crippen MR) is 120 cm³/mol. The maximum absolute atomic E-state index is 12.8. The summed E-state index contributed by atoms with van der Waals surface area (Å²) < 4.78 is 0.